The maximum atomic E-state index is 12.4. The van der Waals surface area contributed by atoms with Crippen LogP contribution in [0.15, 0.2) is 48.5 Å². The van der Waals surface area contributed by atoms with Crippen molar-refractivity contribution >= 4 is 17.3 Å². The van der Waals surface area contributed by atoms with Crippen LogP contribution in [0.25, 0.3) is 0 Å². The van der Waals surface area contributed by atoms with Gasteiger partial charge in [-0.3, -0.25) is 4.79 Å². The molecule has 2 N–H and O–H groups in total. The van der Waals surface area contributed by atoms with E-state index in [0.29, 0.717) is 13.2 Å². The summed E-state index contributed by atoms with van der Waals surface area (Å²) in [4.78, 5) is 12.4. The molecule has 5 heteroatoms. The molecule has 30 heavy (non-hydrogen) atoms. The fraction of sp³-hybridized carbons (Fsp3) is 0.480. The Morgan fingerprint density at radius 2 is 1.60 bits per heavy atom. The molecule has 0 saturated carbocycles. The van der Waals surface area contributed by atoms with Crippen LogP contribution < -0.4 is 20.1 Å². The molecule has 0 atom stereocenters. The summed E-state index contributed by atoms with van der Waals surface area (Å²) in [6.45, 7) is 5.89. The molecule has 1 amide bonds. The largest absolute Gasteiger partial charge is 0.494 e. The summed E-state index contributed by atoms with van der Waals surface area (Å²) in [6, 6.07) is 15.2. The van der Waals surface area contributed by atoms with Crippen LogP contribution in [0.4, 0.5) is 11.4 Å². The molecule has 2 rings (SSSR count). The first-order chi connectivity index (χ1) is 14.7. The molecule has 164 valence electrons. The fourth-order valence-corrected chi connectivity index (χ4v) is 3.00. The molecule has 0 aliphatic rings. The summed E-state index contributed by atoms with van der Waals surface area (Å²) >= 11 is 0. The van der Waals surface area contributed by atoms with Crippen molar-refractivity contribution in [1.82, 2.24) is 0 Å². The summed E-state index contributed by atoms with van der Waals surface area (Å²) in [7, 11) is 0. The van der Waals surface area contributed by atoms with E-state index < -0.39 is 0 Å². The van der Waals surface area contributed by atoms with Crippen LogP contribution in [0.1, 0.15) is 58.8 Å². The van der Waals surface area contributed by atoms with E-state index in [1.165, 1.54) is 25.7 Å². The zero-order valence-corrected chi connectivity index (χ0v) is 18.4. The Bertz CT molecular complexity index is 749. The van der Waals surface area contributed by atoms with Gasteiger partial charge in [0.15, 0.2) is 0 Å². The third kappa shape index (κ3) is 9.21. The third-order valence-corrected chi connectivity index (χ3v) is 4.72. The molecule has 0 aromatic heterocycles. The van der Waals surface area contributed by atoms with Crippen molar-refractivity contribution in [1.29, 1.82) is 0 Å². The van der Waals surface area contributed by atoms with E-state index in [1.54, 1.807) is 0 Å². The molecule has 0 unspecified atom stereocenters. The van der Waals surface area contributed by atoms with Gasteiger partial charge in [-0.25, -0.2) is 0 Å². The smallest absolute Gasteiger partial charge is 0.243 e. The first kappa shape index (κ1) is 23.6. The van der Waals surface area contributed by atoms with Gasteiger partial charge in [0, 0.05) is 11.8 Å². The van der Waals surface area contributed by atoms with E-state index in [2.05, 4.69) is 24.5 Å². The van der Waals surface area contributed by atoms with Gasteiger partial charge in [-0.1, -0.05) is 64.2 Å². The van der Waals surface area contributed by atoms with Gasteiger partial charge in [0.2, 0.25) is 5.91 Å². The number of hydrogen-bond donors (Lipinski definition) is 2. The van der Waals surface area contributed by atoms with Crippen molar-refractivity contribution in [3.63, 3.8) is 0 Å². The number of carbonyl (C=O) groups excluding carboxylic acids is 1. The number of unbranched alkanes of at least 4 members (excludes halogenated alkanes) is 5. The lowest BCUT2D eigenvalue weighted by atomic mass is 10.2. The Morgan fingerprint density at radius 3 is 2.43 bits per heavy atom. The normalized spacial score (nSPS) is 10.5. The Labute approximate surface area is 181 Å². The lowest BCUT2D eigenvalue weighted by Crippen LogP contribution is -2.22. The standard InChI is InChI=1S/C25H36N2O3/c1-3-5-7-8-11-18-29-22-14-12-13-21(19-22)27-25(28)20-26-23-15-9-10-16-24(23)30-17-6-4-2/h9-10,12-16,19,26H,3-8,11,17-18,20H2,1-2H3,(H,27,28). The summed E-state index contributed by atoms with van der Waals surface area (Å²) in [5.41, 5.74) is 1.56. The minimum atomic E-state index is -0.116. The van der Waals surface area contributed by atoms with Crippen LogP contribution in [-0.4, -0.2) is 25.7 Å². The number of benzene rings is 2. The van der Waals surface area contributed by atoms with Gasteiger partial charge < -0.3 is 20.1 Å². The van der Waals surface area contributed by atoms with Gasteiger partial charge in [-0.15, -0.1) is 0 Å². The molecule has 2 aromatic rings. The molecule has 0 saturated heterocycles. The van der Waals surface area contributed by atoms with E-state index in [0.717, 1.165) is 42.1 Å². The third-order valence-electron chi connectivity index (χ3n) is 4.72. The van der Waals surface area contributed by atoms with Crippen molar-refractivity contribution in [3.8, 4) is 11.5 Å². The summed E-state index contributed by atoms with van der Waals surface area (Å²) in [6.07, 6.45) is 8.13. The molecule has 0 spiro atoms. The number of ether oxygens (including phenoxy) is 2. The van der Waals surface area contributed by atoms with E-state index in [9.17, 15) is 4.79 Å². The average molecular weight is 413 g/mol. The number of carbonyl (C=O) groups is 1. The SMILES string of the molecule is CCCCCCCOc1cccc(NC(=O)CNc2ccccc2OCCCC)c1. The zero-order chi connectivity index (χ0) is 21.4. The van der Waals surface area contributed by atoms with Gasteiger partial charge in [-0.05, 0) is 37.1 Å². The molecule has 0 fully saturated rings. The molecule has 5 nitrogen and oxygen atoms in total. The van der Waals surface area contributed by atoms with Crippen molar-refractivity contribution in [2.45, 2.75) is 58.8 Å². The monoisotopic (exact) mass is 412 g/mol. The topological polar surface area (TPSA) is 59.6 Å². The van der Waals surface area contributed by atoms with Gasteiger partial charge in [0.05, 0.1) is 25.4 Å². The number of amides is 1. The molecule has 0 aliphatic carbocycles. The maximum absolute atomic E-state index is 12.4. The van der Waals surface area contributed by atoms with Crippen molar-refractivity contribution < 1.29 is 14.3 Å². The van der Waals surface area contributed by atoms with E-state index in [4.69, 9.17) is 9.47 Å². The maximum Gasteiger partial charge on any atom is 0.243 e. The minimum absolute atomic E-state index is 0.116. The van der Waals surface area contributed by atoms with E-state index >= 15 is 0 Å². The van der Waals surface area contributed by atoms with Gasteiger partial charge in [0.25, 0.3) is 0 Å². The molecular formula is C25H36N2O3. The highest BCUT2D eigenvalue weighted by molar-refractivity contribution is 5.94. The summed E-state index contributed by atoms with van der Waals surface area (Å²) in [5, 5.41) is 6.09. The van der Waals surface area contributed by atoms with Gasteiger partial charge in [0.1, 0.15) is 11.5 Å². The molecule has 0 heterocycles. The summed E-state index contributed by atoms with van der Waals surface area (Å²) in [5.74, 6) is 1.44. The molecule has 0 radical (unpaired) electrons. The Balaban J connectivity index is 1.77. The molecule has 2 aromatic carbocycles. The molecule has 0 aliphatic heterocycles. The van der Waals surface area contributed by atoms with Crippen LogP contribution in [0, 0.1) is 0 Å². The van der Waals surface area contributed by atoms with E-state index in [1.807, 2.05) is 48.5 Å². The highest BCUT2D eigenvalue weighted by atomic mass is 16.5. The highest BCUT2D eigenvalue weighted by Gasteiger charge is 2.07. The first-order valence-electron chi connectivity index (χ1n) is 11.2. The van der Waals surface area contributed by atoms with Crippen molar-refractivity contribution in [3.05, 3.63) is 48.5 Å². The summed E-state index contributed by atoms with van der Waals surface area (Å²) < 4.78 is 11.6. The Morgan fingerprint density at radius 1 is 0.833 bits per heavy atom. The first-order valence-corrected chi connectivity index (χ1v) is 11.2. The lowest BCUT2D eigenvalue weighted by molar-refractivity contribution is -0.114. The number of hydrogen-bond acceptors (Lipinski definition) is 4. The number of para-hydroxylation sites is 2. The number of nitrogens with one attached hydrogen (secondary N) is 2. The van der Waals surface area contributed by atoms with Crippen LogP contribution in [0.3, 0.4) is 0 Å². The zero-order valence-electron chi connectivity index (χ0n) is 18.4. The quantitative estimate of drug-likeness (QED) is 0.339. The van der Waals surface area contributed by atoms with Crippen LogP contribution in [-0.2, 0) is 4.79 Å². The number of rotatable bonds is 15. The van der Waals surface area contributed by atoms with E-state index in [-0.39, 0.29) is 12.5 Å². The predicted molar refractivity (Wildman–Crippen MR) is 125 cm³/mol. The fourth-order valence-electron chi connectivity index (χ4n) is 3.00. The second-order valence-electron chi connectivity index (χ2n) is 7.39. The van der Waals surface area contributed by atoms with Crippen molar-refractivity contribution in [2.24, 2.45) is 0 Å². The van der Waals surface area contributed by atoms with Crippen molar-refractivity contribution in [2.75, 3.05) is 30.4 Å². The second kappa shape index (κ2) is 14.3. The minimum Gasteiger partial charge on any atom is -0.494 e. The second-order valence-corrected chi connectivity index (χ2v) is 7.39. The van der Waals surface area contributed by atoms with Gasteiger partial charge >= 0.3 is 0 Å². The predicted octanol–water partition coefficient (Wildman–Crippen LogP) is 6.27. The molecule has 0 bridgehead atoms. The van der Waals surface area contributed by atoms with Gasteiger partial charge in [-0.2, -0.15) is 0 Å². The molecular weight excluding hydrogens is 376 g/mol. The Kier molecular flexibility index (Phi) is 11.3. The van der Waals surface area contributed by atoms with Crippen LogP contribution in [0.5, 0.6) is 11.5 Å². The Hall–Kier alpha value is -2.69. The number of anilines is 2. The lowest BCUT2D eigenvalue weighted by Gasteiger charge is -2.13. The van der Waals surface area contributed by atoms with Crippen LogP contribution in [0.2, 0.25) is 0 Å². The average Bonchev–Trinajstić information content (AvgIpc) is 2.76. The highest BCUT2D eigenvalue weighted by Crippen LogP contribution is 2.24. The van der Waals surface area contributed by atoms with Crippen LogP contribution >= 0.6 is 0 Å².